The van der Waals surface area contributed by atoms with Crippen molar-refractivity contribution in [1.82, 2.24) is 14.6 Å². The second kappa shape index (κ2) is 4.70. The first-order valence-corrected chi connectivity index (χ1v) is 7.34. The van der Waals surface area contributed by atoms with Crippen LogP contribution in [-0.4, -0.2) is 41.6 Å². The fourth-order valence-electron chi connectivity index (χ4n) is 1.44. The first-order valence-electron chi connectivity index (χ1n) is 5.28. The average Bonchev–Trinajstić information content (AvgIpc) is 2.65. The van der Waals surface area contributed by atoms with E-state index in [0.717, 1.165) is 5.65 Å². The lowest BCUT2D eigenvalue weighted by Crippen LogP contribution is -2.10. The summed E-state index contributed by atoms with van der Waals surface area (Å²) in [7, 11) is -2.89. The van der Waals surface area contributed by atoms with Crippen molar-refractivity contribution in [2.45, 2.75) is 6.42 Å². The first-order chi connectivity index (χ1) is 8.04. The summed E-state index contributed by atoms with van der Waals surface area (Å²) in [6.45, 7) is 0.546. The van der Waals surface area contributed by atoms with Crippen LogP contribution in [0.15, 0.2) is 24.4 Å². The van der Waals surface area contributed by atoms with Crippen LogP contribution in [0.2, 0.25) is 0 Å². The van der Waals surface area contributed by atoms with E-state index in [9.17, 15) is 8.42 Å². The number of anilines is 1. The Hall–Kier alpha value is -1.63. The summed E-state index contributed by atoms with van der Waals surface area (Å²) >= 11 is 0. The molecule has 2 rings (SSSR count). The van der Waals surface area contributed by atoms with Gasteiger partial charge in [-0.2, -0.15) is 4.98 Å². The van der Waals surface area contributed by atoms with Gasteiger partial charge in [-0.3, -0.25) is 0 Å². The third kappa shape index (κ3) is 3.42. The van der Waals surface area contributed by atoms with Gasteiger partial charge in [0.1, 0.15) is 9.84 Å². The van der Waals surface area contributed by atoms with Crippen LogP contribution < -0.4 is 5.32 Å². The highest BCUT2D eigenvalue weighted by molar-refractivity contribution is 7.90. The molecule has 0 fully saturated rings. The predicted octanol–water partition coefficient (Wildman–Crippen LogP) is 0.576. The molecule has 0 spiro atoms. The number of hydrogen-bond acceptors (Lipinski definition) is 5. The Balaban J connectivity index is 1.91. The third-order valence-corrected chi connectivity index (χ3v) is 3.25. The molecule has 0 radical (unpaired) electrons. The minimum absolute atomic E-state index is 0.174. The molecule has 2 heterocycles. The van der Waals surface area contributed by atoms with Crippen LogP contribution >= 0.6 is 0 Å². The quantitative estimate of drug-likeness (QED) is 0.790. The van der Waals surface area contributed by atoms with Gasteiger partial charge in [0.15, 0.2) is 5.65 Å². The summed E-state index contributed by atoms with van der Waals surface area (Å²) in [4.78, 5) is 4.24. The van der Waals surface area contributed by atoms with Gasteiger partial charge in [-0.05, 0) is 18.6 Å². The SMILES string of the molecule is CS(=O)(=O)CCCNc1nc2ccccn2n1. The summed E-state index contributed by atoms with van der Waals surface area (Å²) in [6.07, 6.45) is 3.59. The lowest BCUT2D eigenvalue weighted by Gasteiger charge is -1.99. The standard InChI is InChI=1S/C10H14N4O2S/c1-17(15,16)8-4-6-11-10-12-9-5-2-3-7-14(9)13-10/h2-3,5,7H,4,6,8H2,1H3,(H,11,13). The molecule has 0 atom stereocenters. The summed E-state index contributed by atoms with van der Waals surface area (Å²) in [5.74, 6) is 0.692. The van der Waals surface area contributed by atoms with Crippen LogP contribution in [0.3, 0.4) is 0 Å². The van der Waals surface area contributed by atoms with Crippen LogP contribution in [0.25, 0.3) is 5.65 Å². The highest BCUT2D eigenvalue weighted by Crippen LogP contribution is 2.04. The molecule has 2 aromatic rings. The Labute approximate surface area is 99.6 Å². The zero-order chi connectivity index (χ0) is 12.3. The molecule has 7 heteroatoms. The van der Waals surface area contributed by atoms with Crippen molar-refractivity contribution in [3.63, 3.8) is 0 Å². The van der Waals surface area contributed by atoms with Crippen molar-refractivity contribution in [3.05, 3.63) is 24.4 Å². The molecule has 17 heavy (non-hydrogen) atoms. The van der Waals surface area contributed by atoms with Crippen molar-refractivity contribution in [2.75, 3.05) is 23.9 Å². The largest absolute Gasteiger partial charge is 0.353 e. The number of nitrogens with one attached hydrogen (secondary N) is 1. The number of nitrogens with zero attached hydrogens (tertiary/aromatic N) is 3. The van der Waals surface area contributed by atoms with E-state index in [1.54, 1.807) is 4.52 Å². The number of rotatable bonds is 5. The Morgan fingerprint density at radius 3 is 2.94 bits per heavy atom. The predicted molar refractivity (Wildman–Crippen MR) is 65.8 cm³/mol. The Bertz CT molecular complexity index is 573. The molecule has 0 saturated carbocycles. The van der Waals surface area contributed by atoms with Gasteiger partial charge in [-0.15, -0.1) is 5.10 Å². The van der Waals surface area contributed by atoms with E-state index in [2.05, 4.69) is 15.4 Å². The normalized spacial score (nSPS) is 11.8. The molecule has 0 aliphatic carbocycles. The lowest BCUT2D eigenvalue weighted by atomic mass is 10.5. The fraction of sp³-hybridized carbons (Fsp3) is 0.400. The van der Waals surface area contributed by atoms with E-state index >= 15 is 0 Å². The van der Waals surface area contributed by atoms with Gasteiger partial charge in [-0.1, -0.05) is 6.07 Å². The van der Waals surface area contributed by atoms with Crippen molar-refractivity contribution in [1.29, 1.82) is 0 Å². The van der Waals surface area contributed by atoms with Gasteiger partial charge in [0.25, 0.3) is 0 Å². The molecule has 0 aliphatic rings. The molecule has 2 aromatic heterocycles. The first kappa shape index (κ1) is 11.8. The molecule has 0 saturated heterocycles. The maximum Gasteiger partial charge on any atom is 0.243 e. The van der Waals surface area contributed by atoms with Crippen LogP contribution in [0.5, 0.6) is 0 Å². The van der Waals surface area contributed by atoms with Crippen molar-refractivity contribution >= 4 is 21.4 Å². The van der Waals surface area contributed by atoms with Gasteiger partial charge in [0, 0.05) is 19.0 Å². The molecule has 0 aromatic carbocycles. The van der Waals surface area contributed by atoms with E-state index in [0.29, 0.717) is 18.9 Å². The van der Waals surface area contributed by atoms with Gasteiger partial charge < -0.3 is 5.32 Å². The van der Waals surface area contributed by atoms with E-state index in [1.165, 1.54) is 6.26 Å². The third-order valence-electron chi connectivity index (χ3n) is 2.22. The van der Waals surface area contributed by atoms with E-state index in [-0.39, 0.29) is 5.75 Å². The lowest BCUT2D eigenvalue weighted by molar-refractivity contribution is 0.600. The number of sulfone groups is 1. The highest BCUT2D eigenvalue weighted by atomic mass is 32.2. The van der Waals surface area contributed by atoms with Crippen LogP contribution in [-0.2, 0) is 9.84 Å². The van der Waals surface area contributed by atoms with Crippen molar-refractivity contribution in [2.24, 2.45) is 0 Å². The molecule has 92 valence electrons. The van der Waals surface area contributed by atoms with Gasteiger partial charge in [-0.25, -0.2) is 12.9 Å². The molecular formula is C10H14N4O2S. The molecule has 6 nitrogen and oxygen atoms in total. The summed E-state index contributed by atoms with van der Waals surface area (Å²) in [6, 6.07) is 5.61. The van der Waals surface area contributed by atoms with Crippen molar-refractivity contribution in [3.8, 4) is 0 Å². The summed E-state index contributed by atoms with van der Waals surface area (Å²) < 4.78 is 23.5. The Morgan fingerprint density at radius 2 is 2.24 bits per heavy atom. The highest BCUT2D eigenvalue weighted by Gasteiger charge is 2.03. The molecule has 0 unspecified atom stereocenters. The maximum absolute atomic E-state index is 10.9. The van der Waals surface area contributed by atoms with E-state index in [4.69, 9.17) is 0 Å². The smallest absolute Gasteiger partial charge is 0.243 e. The van der Waals surface area contributed by atoms with Crippen LogP contribution in [0.1, 0.15) is 6.42 Å². The number of pyridine rings is 1. The molecule has 0 bridgehead atoms. The van der Waals surface area contributed by atoms with Gasteiger partial charge in [0.05, 0.1) is 5.75 Å². The van der Waals surface area contributed by atoms with Gasteiger partial charge in [0.2, 0.25) is 5.95 Å². The monoisotopic (exact) mass is 254 g/mol. The second-order valence-corrected chi connectivity index (χ2v) is 6.11. The average molecular weight is 254 g/mol. The van der Waals surface area contributed by atoms with Crippen molar-refractivity contribution < 1.29 is 8.42 Å². The van der Waals surface area contributed by atoms with Gasteiger partial charge >= 0.3 is 0 Å². The summed E-state index contributed by atoms with van der Waals surface area (Å²) in [5.41, 5.74) is 0.762. The maximum atomic E-state index is 10.9. The topological polar surface area (TPSA) is 76.4 Å². The number of fused-ring (bicyclic) bond motifs is 1. The van der Waals surface area contributed by atoms with Crippen LogP contribution in [0, 0.1) is 0 Å². The molecule has 1 N–H and O–H groups in total. The summed E-state index contributed by atoms with van der Waals surface area (Å²) in [5, 5.41) is 7.19. The zero-order valence-electron chi connectivity index (χ0n) is 9.50. The molecule has 0 amide bonds. The molecule has 0 aliphatic heterocycles. The van der Waals surface area contributed by atoms with Crippen LogP contribution in [0.4, 0.5) is 5.95 Å². The van der Waals surface area contributed by atoms with E-state index in [1.807, 2.05) is 24.4 Å². The number of hydrogen-bond donors (Lipinski definition) is 1. The number of aromatic nitrogens is 3. The fourth-order valence-corrected chi connectivity index (χ4v) is 2.11. The van der Waals surface area contributed by atoms with E-state index < -0.39 is 9.84 Å². The Morgan fingerprint density at radius 1 is 1.41 bits per heavy atom. The second-order valence-electron chi connectivity index (χ2n) is 3.85. The zero-order valence-corrected chi connectivity index (χ0v) is 10.3. The minimum atomic E-state index is -2.89. The molecular weight excluding hydrogens is 240 g/mol. The minimum Gasteiger partial charge on any atom is -0.353 e. The Kier molecular flexibility index (Phi) is 3.28.